The van der Waals surface area contributed by atoms with Gasteiger partial charge in [-0.25, -0.2) is 34.3 Å². The Morgan fingerprint density at radius 3 is 1.13 bits per heavy atom. The molecular weight excluding hydrogens is 1740 g/mol. The molecule has 124 heavy (non-hydrogen) atoms. The Hall–Kier alpha value is -4.67. The summed E-state index contributed by atoms with van der Waals surface area (Å²) in [6, 6.07) is 8.34. The Morgan fingerprint density at radius 1 is 0.435 bits per heavy atom. The van der Waals surface area contributed by atoms with Crippen LogP contribution in [0.2, 0.25) is 5.15 Å². The van der Waals surface area contributed by atoms with Crippen molar-refractivity contribution in [2.75, 3.05) is 174 Å². The number of carbonyl (C=O) groups is 4. The molecule has 4 aromatic rings. The van der Waals surface area contributed by atoms with E-state index >= 15 is 0 Å². The second-order valence-electron chi connectivity index (χ2n) is 33.2. The number of nitrogens with zero attached hydrogens (tertiary/aromatic N) is 8. The zero-order chi connectivity index (χ0) is 93.5. The maximum absolute atomic E-state index is 12.6. The number of likely N-dealkylation sites (tertiary alicyclic amines) is 3. The van der Waals surface area contributed by atoms with Gasteiger partial charge in [0.05, 0.1) is 102 Å². The first kappa shape index (κ1) is 114. The third-order valence-corrected chi connectivity index (χ3v) is 32.7. The maximum Gasteiger partial charge on any atom is 0.410 e. The molecule has 3 amide bonds. The SMILES string of the molecule is CC(C)(C)OC(=O)N1CC(CC=O)C1.CCOP(=O)(/C=C/C1CN(C(=O)OC(C)(C)C)C1)OCC.CCOP(=O)(CCC1CN(C(=O)OC(C)(C)C)C1)OCC.CCOP(=O)(CCC1CN(c2ncnc3cc(C)c(C)cc23)C1)OCC.CCOP(=O)(CCC1CNC1)OCC.CCOP(C)(=O)CP(=O)(OCC)OCC.Cc1cc2ncnc(Cl)c2cc1C. The number of aryl methyl sites for hydroxylation is 4. The fourth-order valence-electron chi connectivity index (χ4n) is 12.5. The first-order valence-electron chi connectivity index (χ1n) is 43.3. The number of amides is 3. The van der Waals surface area contributed by atoms with Gasteiger partial charge in [0, 0.05) is 93.9 Å². The van der Waals surface area contributed by atoms with Crippen molar-refractivity contribution in [1.29, 1.82) is 0 Å². The van der Waals surface area contributed by atoms with Crippen LogP contribution in [0.4, 0.5) is 20.2 Å². The first-order chi connectivity index (χ1) is 58.0. The van der Waals surface area contributed by atoms with Crippen molar-refractivity contribution >= 4 is 109 Å². The smallest absolute Gasteiger partial charge is 0.410 e. The summed E-state index contributed by atoms with van der Waals surface area (Å²) in [7, 11) is -18.0. The third-order valence-electron chi connectivity index (χ3n) is 18.8. The molecule has 2 aromatic carbocycles. The Balaban J connectivity index is 0.000000379. The molecule has 710 valence electrons. The topological polar surface area (TPSA) is 376 Å². The van der Waals surface area contributed by atoms with Crippen LogP contribution in [0.1, 0.15) is 186 Å². The van der Waals surface area contributed by atoms with Crippen molar-refractivity contribution in [1.82, 2.24) is 40.0 Å². The fraction of sp³-hybridized carbons (Fsp3) is 0.738. The number of aldehydes is 1. The number of nitrogens with one attached hydrogen (secondary N) is 1. The minimum absolute atomic E-state index is 0.157. The molecule has 2 aromatic heterocycles. The summed E-state index contributed by atoms with van der Waals surface area (Å²) in [4.78, 5) is 69.3. The summed E-state index contributed by atoms with van der Waals surface area (Å²) in [6.07, 6.45) is 9.44. The number of hydrogen-bond acceptors (Lipinski definition) is 30. The van der Waals surface area contributed by atoms with Gasteiger partial charge in [-0.2, -0.15) is 0 Å². The lowest BCUT2D eigenvalue weighted by atomic mass is 9.96. The highest BCUT2D eigenvalue weighted by Gasteiger charge is 2.40. The fourth-order valence-corrected chi connectivity index (χ4v) is 24.5. The number of carbonyl (C=O) groups excluding carboxylic acids is 4. The van der Waals surface area contributed by atoms with Crippen molar-refractivity contribution in [3.05, 3.63) is 76.2 Å². The summed E-state index contributed by atoms with van der Waals surface area (Å²) in [6.45, 7) is 57.7. The van der Waals surface area contributed by atoms with Gasteiger partial charge in [0.15, 0.2) is 0 Å². The van der Waals surface area contributed by atoms with Crippen LogP contribution in [0.5, 0.6) is 0 Å². The number of benzene rings is 2. The Labute approximate surface area is 744 Å². The van der Waals surface area contributed by atoms with E-state index in [0.29, 0.717) is 152 Å². The van der Waals surface area contributed by atoms with Crippen LogP contribution in [0.3, 0.4) is 0 Å². The lowest BCUT2D eigenvalue weighted by Crippen LogP contribution is -2.51. The number of rotatable bonds is 38. The third kappa shape index (κ3) is 42.5. The number of aromatic nitrogens is 4. The second-order valence-corrected chi connectivity index (χ2v) is 47.2. The van der Waals surface area contributed by atoms with Gasteiger partial charge in [-0.1, -0.05) is 17.7 Å². The van der Waals surface area contributed by atoms with Crippen LogP contribution < -0.4 is 10.2 Å². The van der Waals surface area contributed by atoms with Gasteiger partial charge in [0.25, 0.3) is 0 Å². The molecule has 0 radical (unpaired) electrons. The molecule has 40 heteroatoms. The number of hydrogen-bond donors (Lipinski definition) is 1. The van der Waals surface area contributed by atoms with Crippen molar-refractivity contribution < 1.29 is 111 Å². The zero-order valence-electron chi connectivity index (χ0n) is 78.5. The van der Waals surface area contributed by atoms with E-state index < -0.39 is 62.2 Å². The summed E-state index contributed by atoms with van der Waals surface area (Å²) in [5.41, 5.74) is 5.42. The van der Waals surface area contributed by atoms with E-state index in [0.717, 1.165) is 79.4 Å². The molecule has 5 aliphatic rings. The molecular formula is C84H148ClN9O24P6. The summed E-state index contributed by atoms with van der Waals surface area (Å²) in [5, 5.41) is 5.74. The van der Waals surface area contributed by atoms with E-state index in [1.165, 1.54) is 41.1 Å². The number of anilines is 1. The van der Waals surface area contributed by atoms with Crippen molar-refractivity contribution in [3.63, 3.8) is 0 Å². The lowest BCUT2D eigenvalue weighted by molar-refractivity contribution is -0.109. The highest BCUT2D eigenvalue weighted by atomic mass is 35.5. The standard InChI is InChI=1S/C19H28N3O3P.C14H28NO5P.C14H26NO5P.C10H9ClN2.C10H17NO3.C9H20NO3P.C8H20O5P2/c1-5-24-26(23,25-6-2)8-7-16-11-22(12-16)19-17-9-14(3)15(4)10-18(17)20-13-21-19;2*1-6-18-21(17,19-7-2)9-8-12-10-15(11-12)13(16)20-14(3,4)5;1-6-3-8-9(4-7(6)2)12-5-13-10(8)11;1-10(2,3)14-9(13)11-6-8(7-11)4-5-12;1-3-12-14(11,13-4-2)6-5-9-7-10-8-9;1-5-11-14(4,9)8-15(10,12-6-2)13-7-3/h9-10,13,16H,5-8,11-12H2,1-4H3;12H,6-11H2,1-5H3;8-9,12H,6-7,10-11H2,1-5H3;3-5H,1-2H3;5,8H,4,6-7H2,1-3H3;9-10H,3-8H2,1-2H3;5-8H2,1-4H3/b;;9-8+;;;;. The number of halogens is 1. The monoisotopic (exact) mass is 1890 g/mol. The first-order valence-corrected chi connectivity index (χ1v) is 54.4. The molecule has 5 aliphatic heterocycles. The molecule has 1 atom stereocenters. The predicted molar refractivity (Wildman–Crippen MR) is 492 cm³/mol. The Kier molecular flexibility index (Phi) is 50.2. The molecule has 0 spiro atoms. The summed E-state index contributed by atoms with van der Waals surface area (Å²) < 4.78 is 146. The van der Waals surface area contributed by atoms with Crippen molar-refractivity contribution in [2.24, 2.45) is 29.6 Å². The van der Waals surface area contributed by atoms with Gasteiger partial charge < -0.3 is 93.7 Å². The van der Waals surface area contributed by atoms with Gasteiger partial charge in [-0.05, 0) is 263 Å². The average molecular weight is 1890 g/mol. The van der Waals surface area contributed by atoms with Crippen LogP contribution in [-0.2, 0) is 96.2 Å². The summed E-state index contributed by atoms with van der Waals surface area (Å²) >= 11 is 5.93. The normalized spacial score (nSPS) is 16.1. The van der Waals surface area contributed by atoms with Crippen LogP contribution in [0, 0.1) is 57.3 Å². The van der Waals surface area contributed by atoms with Crippen molar-refractivity contribution in [2.45, 2.75) is 209 Å². The molecule has 1 unspecified atom stereocenters. The molecule has 7 heterocycles. The average Bonchev–Trinajstić information content (AvgIpc) is 0.774. The van der Waals surface area contributed by atoms with Crippen LogP contribution in [0.25, 0.3) is 21.8 Å². The van der Waals surface area contributed by atoms with E-state index in [2.05, 4.69) is 70.0 Å². The lowest BCUT2D eigenvalue weighted by Gasteiger charge is -2.41. The van der Waals surface area contributed by atoms with Gasteiger partial charge in [-0.3, -0.25) is 27.4 Å². The second kappa shape index (κ2) is 54.9. The molecule has 5 fully saturated rings. The Bertz CT molecular complexity index is 4190. The van der Waals surface area contributed by atoms with Crippen LogP contribution in [0.15, 0.2) is 48.8 Å². The van der Waals surface area contributed by atoms with E-state index in [-0.39, 0.29) is 43.3 Å². The minimum atomic E-state index is -3.26. The molecule has 0 aliphatic carbocycles. The van der Waals surface area contributed by atoms with Gasteiger partial charge in [0.2, 0.25) is 7.37 Å². The molecule has 0 bridgehead atoms. The van der Waals surface area contributed by atoms with Crippen molar-refractivity contribution in [3.8, 4) is 0 Å². The Morgan fingerprint density at radius 2 is 0.766 bits per heavy atom. The van der Waals surface area contributed by atoms with Crippen LogP contribution >= 0.6 is 56.9 Å². The maximum atomic E-state index is 12.6. The van der Waals surface area contributed by atoms with Crippen LogP contribution in [-0.4, -0.2) is 245 Å². The molecule has 1 N–H and O–H groups in total. The highest BCUT2D eigenvalue weighted by Crippen LogP contribution is 2.62. The van der Waals surface area contributed by atoms with Gasteiger partial charge >= 0.3 is 56.3 Å². The molecule has 5 saturated heterocycles. The van der Waals surface area contributed by atoms with E-state index in [4.69, 9.17) is 75.6 Å². The minimum Gasteiger partial charge on any atom is -0.444 e. The quantitative estimate of drug-likeness (QED) is 0.0188. The largest absolute Gasteiger partial charge is 0.444 e. The molecule has 9 rings (SSSR count). The van der Waals surface area contributed by atoms with Gasteiger partial charge in [-0.15, -0.1) is 0 Å². The van der Waals surface area contributed by atoms with E-state index in [9.17, 15) is 46.6 Å². The number of ether oxygens (including phenoxy) is 3. The van der Waals surface area contributed by atoms with Gasteiger partial charge in [0.1, 0.15) is 52.6 Å². The molecule has 0 saturated carbocycles. The predicted octanol–water partition coefficient (Wildman–Crippen LogP) is 20.8. The number of fused-ring (bicyclic) bond motifs is 2. The van der Waals surface area contributed by atoms with E-state index in [1.807, 2.05) is 102 Å². The van der Waals surface area contributed by atoms with E-state index in [1.54, 1.807) is 75.6 Å². The highest BCUT2D eigenvalue weighted by molar-refractivity contribution is 7.73. The summed E-state index contributed by atoms with van der Waals surface area (Å²) in [5.74, 6) is 4.31. The zero-order valence-corrected chi connectivity index (χ0v) is 84.6. The molecule has 33 nitrogen and oxygen atoms in total.